The van der Waals surface area contributed by atoms with Crippen LogP contribution in [-0.4, -0.2) is 38.9 Å². The van der Waals surface area contributed by atoms with Crippen LogP contribution in [0.2, 0.25) is 0 Å². The van der Waals surface area contributed by atoms with E-state index in [0.717, 1.165) is 18.7 Å². The first-order valence-electron chi connectivity index (χ1n) is 9.10. The lowest BCUT2D eigenvalue weighted by Gasteiger charge is -2.27. The summed E-state index contributed by atoms with van der Waals surface area (Å²) in [5, 5.41) is 11.4. The largest absolute Gasteiger partial charge is 0.393 e. The van der Waals surface area contributed by atoms with E-state index in [0.29, 0.717) is 22.4 Å². The molecule has 0 aliphatic carbocycles. The minimum atomic E-state index is -0.373. The number of imidazole rings is 1. The zero-order valence-electron chi connectivity index (χ0n) is 16.0. The molecule has 142 valence electrons. The summed E-state index contributed by atoms with van der Waals surface area (Å²) in [6.07, 6.45) is -0.208. The molecule has 7 heteroatoms. The van der Waals surface area contributed by atoms with Crippen molar-refractivity contribution < 1.29 is 9.76 Å². The van der Waals surface area contributed by atoms with Crippen molar-refractivity contribution in [3.05, 3.63) is 58.1 Å². The zero-order valence-corrected chi connectivity index (χ0v) is 16.0. The summed E-state index contributed by atoms with van der Waals surface area (Å²) in [6, 6.07) is 13.0. The summed E-state index contributed by atoms with van der Waals surface area (Å²) in [5.74, 6) is 0.629. The van der Waals surface area contributed by atoms with Gasteiger partial charge in [-0.25, -0.2) is 4.98 Å². The second-order valence-electron chi connectivity index (χ2n) is 6.41. The minimum Gasteiger partial charge on any atom is -0.393 e. The molecule has 0 saturated heterocycles. The highest BCUT2D eigenvalue weighted by Crippen LogP contribution is 2.29. The van der Waals surface area contributed by atoms with Crippen molar-refractivity contribution in [3.63, 3.8) is 0 Å². The highest BCUT2D eigenvalue weighted by Gasteiger charge is 2.22. The highest BCUT2D eigenvalue weighted by atomic mass is 16.7. The van der Waals surface area contributed by atoms with Gasteiger partial charge in [-0.2, -0.15) is 4.73 Å². The van der Waals surface area contributed by atoms with E-state index in [-0.39, 0.29) is 16.8 Å². The Bertz CT molecular complexity index is 949. The van der Waals surface area contributed by atoms with Crippen LogP contribution in [0.5, 0.6) is 0 Å². The zero-order chi connectivity index (χ0) is 19.6. The molecule has 0 amide bonds. The molecule has 0 aliphatic rings. The summed E-state index contributed by atoms with van der Waals surface area (Å²) in [7, 11) is 0. The number of nitrogens with zero attached hydrogens (tertiary/aromatic N) is 4. The van der Waals surface area contributed by atoms with Crippen molar-refractivity contribution in [2.45, 2.75) is 33.9 Å². The fourth-order valence-electron chi connectivity index (χ4n) is 3.23. The van der Waals surface area contributed by atoms with Crippen LogP contribution in [0.1, 0.15) is 26.3 Å². The number of fused-ring (bicyclic) bond motifs is 1. The fraction of sp³-hybridized carbons (Fsp3) is 0.350. The van der Waals surface area contributed by atoms with Crippen molar-refractivity contribution in [2.75, 3.05) is 13.1 Å². The van der Waals surface area contributed by atoms with E-state index >= 15 is 0 Å². The average molecular weight is 368 g/mol. The van der Waals surface area contributed by atoms with E-state index in [4.69, 9.17) is 9.82 Å². The molecule has 3 aromatic rings. The first-order valence-corrected chi connectivity index (χ1v) is 9.10. The van der Waals surface area contributed by atoms with Crippen LogP contribution in [-0.2, 0) is 0 Å². The van der Waals surface area contributed by atoms with Crippen LogP contribution in [0, 0.1) is 17.0 Å². The Balaban J connectivity index is 2.19. The molecule has 1 atom stereocenters. The predicted octanol–water partition coefficient (Wildman–Crippen LogP) is 4.04. The number of hydrogen-bond donors (Lipinski definition) is 0. The van der Waals surface area contributed by atoms with Gasteiger partial charge < -0.3 is 4.84 Å². The maximum atomic E-state index is 11.4. The van der Waals surface area contributed by atoms with Crippen molar-refractivity contribution in [1.82, 2.24) is 14.6 Å². The van der Waals surface area contributed by atoms with Crippen LogP contribution >= 0.6 is 0 Å². The van der Waals surface area contributed by atoms with Gasteiger partial charge in [0.05, 0.1) is 10.4 Å². The normalized spacial score (nSPS) is 12.5. The lowest BCUT2D eigenvalue weighted by atomic mass is 10.2. The van der Waals surface area contributed by atoms with E-state index in [1.54, 1.807) is 23.8 Å². The van der Waals surface area contributed by atoms with Gasteiger partial charge in [0.1, 0.15) is 5.52 Å². The number of rotatable bonds is 7. The topological polar surface area (TPSA) is 73.4 Å². The Kier molecular flexibility index (Phi) is 5.41. The maximum Gasteiger partial charge on any atom is 0.274 e. The first kappa shape index (κ1) is 18.8. The number of nitro benzene ring substituents is 1. The van der Waals surface area contributed by atoms with E-state index in [1.807, 2.05) is 37.3 Å². The van der Waals surface area contributed by atoms with Crippen LogP contribution in [0.3, 0.4) is 0 Å². The van der Waals surface area contributed by atoms with Gasteiger partial charge in [0.2, 0.25) is 0 Å². The molecule has 7 nitrogen and oxygen atoms in total. The predicted molar refractivity (Wildman–Crippen MR) is 106 cm³/mol. The van der Waals surface area contributed by atoms with Gasteiger partial charge in [0, 0.05) is 17.2 Å². The molecule has 0 fully saturated rings. The van der Waals surface area contributed by atoms with Gasteiger partial charge in [-0.3, -0.25) is 15.0 Å². The summed E-state index contributed by atoms with van der Waals surface area (Å²) >= 11 is 0. The van der Waals surface area contributed by atoms with Crippen LogP contribution in [0.4, 0.5) is 5.69 Å². The third-order valence-corrected chi connectivity index (χ3v) is 4.74. The van der Waals surface area contributed by atoms with E-state index in [1.165, 1.54) is 0 Å². The monoisotopic (exact) mass is 368 g/mol. The molecule has 1 heterocycles. The van der Waals surface area contributed by atoms with Gasteiger partial charge in [0.15, 0.2) is 12.1 Å². The Morgan fingerprint density at radius 2 is 1.89 bits per heavy atom. The molecular weight excluding hydrogens is 344 g/mol. The summed E-state index contributed by atoms with van der Waals surface area (Å²) < 4.78 is 1.63. The third-order valence-electron chi connectivity index (χ3n) is 4.74. The summed E-state index contributed by atoms with van der Waals surface area (Å²) in [6.45, 7) is 9.51. The van der Waals surface area contributed by atoms with Crippen molar-refractivity contribution in [1.29, 1.82) is 0 Å². The summed E-state index contributed by atoms with van der Waals surface area (Å²) in [4.78, 5) is 24.1. The molecule has 0 spiro atoms. The number of aryl methyl sites for hydroxylation is 1. The Morgan fingerprint density at radius 3 is 2.48 bits per heavy atom. The van der Waals surface area contributed by atoms with Crippen LogP contribution in [0.15, 0.2) is 42.5 Å². The van der Waals surface area contributed by atoms with E-state index < -0.39 is 0 Å². The van der Waals surface area contributed by atoms with Gasteiger partial charge >= 0.3 is 0 Å². The molecule has 0 saturated carbocycles. The highest BCUT2D eigenvalue weighted by molar-refractivity contribution is 5.83. The summed E-state index contributed by atoms with van der Waals surface area (Å²) in [5.41, 5.74) is 2.78. The average Bonchev–Trinajstić information content (AvgIpc) is 2.99. The van der Waals surface area contributed by atoms with Gasteiger partial charge in [0.25, 0.3) is 5.69 Å². The molecule has 2 aromatic carbocycles. The molecule has 0 radical (unpaired) electrons. The standard InChI is InChI=1S/C20H24N4O3/c1-5-22(6-2)15(4)27-23-19-13-18(24(25)26)14(3)12-17(19)21-20(23)16-10-8-7-9-11-16/h7-13,15H,5-6H2,1-4H3. The van der Waals surface area contributed by atoms with Crippen LogP contribution in [0.25, 0.3) is 22.4 Å². The van der Waals surface area contributed by atoms with Gasteiger partial charge in [-0.1, -0.05) is 44.2 Å². The first-order chi connectivity index (χ1) is 13.0. The van der Waals surface area contributed by atoms with E-state index in [9.17, 15) is 10.1 Å². The van der Waals surface area contributed by atoms with E-state index in [2.05, 4.69) is 18.7 Å². The van der Waals surface area contributed by atoms with Gasteiger partial charge in [-0.15, -0.1) is 0 Å². The number of hydrogen-bond acceptors (Lipinski definition) is 5. The lowest BCUT2D eigenvalue weighted by Crippen LogP contribution is -2.40. The quantitative estimate of drug-likeness (QED) is 0.357. The maximum absolute atomic E-state index is 11.4. The molecular formula is C20H24N4O3. The van der Waals surface area contributed by atoms with Gasteiger partial charge in [-0.05, 0) is 33.0 Å². The molecule has 1 unspecified atom stereocenters. The second kappa shape index (κ2) is 7.75. The number of aromatic nitrogens is 2. The molecule has 0 bridgehead atoms. The second-order valence-corrected chi connectivity index (χ2v) is 6.41. The molecule has 0 aliphatic heterocycles. The fourth-order valence-corrected chi connectivity index (χ4v) is 3.23. The SMILES string of the molecule is CCN(CC)C(C)On1c(-c2ccccc2)nc2cc(C)c([N+](=O)[O-])cc21. The third kappa shape index (κ3) is 3.64. The Hall–Kier alpha value is -2.93. The van der Waals surface area contributed by atoms with Crippen molar-refractivity contribution in [3.8, 4) is 11.4 Å². The number of nitro groups is 1. The minimum absolute atomic E-state index is 0.0577. The van der Waals surface area contributed by atoms with Crippen LogP contribution < -0.4 is 4.84 Å². The van der Waals surface area contributed by atoms with Crippen molar-refractivity contribution >= 4 is 16.7 Å². The van der Waals surface area contributed by atoms with Crippen molar-refractivity contribution in [2.24, 2.45) is 0 Å². The molecule has 3 rings (SSSR count). The number of benzene rings is 2. The smallest absolute Gasteiger partial charge is 0.274 e. The Labute approximate surface area is 158 Å². The molecule has 0 N–H and O–H groups in total. The Morgan fingerprint density at radius 1 is 1.22 bits per heavy atom. The lowest BCUT2D eigenvalue weighted by molar-refractivity contribution is -0.385. The molecule has 1 aromatic heterocycles. The molecule has 27 heavy (non-hydrogen) atoms.